The summed E-state index contributed by atoms with van der Waals surface area (Å²) in [5.74, 6) is 0.773. The van der Waals surface area contributed by atoms with E-state index < -0.39 is 0 Å². The molecule has 0 spiro atoms. The quantitative estimate of drug-likeness (QED) is 0.772. The summed E-state index contributed by atoms with van der Waals surface area (Å²) in [4.78, 5) is 2.62. The fourth-order valence-corrected chi connectivity index (χ4v) is 2.76. The lowest BCUT2D eigenvalue weighted by atomic mass is 10.0. The van der Waals surface area contributed by atoms with E-state index >= 15 is 0 Å². The van der Waals surface area contributed by atoms with Crippen LogP contribution in [-0.4, -0.2) is 50.3 Å². The molecule has 1 aliphatic rings. The van der Waals surface area contributed by atoms with Crippen LogP contribution in [-0.2, 0) is 4.74 Å². The average molecular weight is 242 g/mol. The number of nitrogens with one attached hydrogen (secondary N) is 1. The molecule has 1 saturated heterocycles. The zero-order valence-electron chi connectivity index (χ0n) is 12.0. The van der Waals surface area contributed by atoms with Crippen molar-refractivity contribution in [3.05, 3.63) is 0 Å². The van der Waals surface area contributed by atoms with Crippen molar-refractivity contribution in [2.75, 3.05) is 33.4 Å². The normalized spacial score (nSPS) is 24.9. The molecule has 0 aromatic rings. The Balaban J connectivity index is 2.51. The van der Waals surface area contributed by atoms with Gasteiger partial charge in [-0.05, 0) is 38.3 Å². The van der Waals surface area contributed by atoms with E-state index in [0.717, 1.165) is 19.1 Å². The number of nitrogens with zero attached hydrogens (tertiary/aromatic N) is 1. The van der Waals surface area contributed by atoms with Crippen molar-refractivity contribution in [3.8, 4) is 0 Å². The second-order valence-corrected chi connectivity index (χ2v) is 5.65. The topological polar surface area (TPSA) is 24.5 Å². The van der Waals surface area contributed by atoms with E-state index in [1.54, 1.807) is 0 Å². The Labute approximate surface area is 107 Å². The second kappa shape index (κ2) is 8.06. The minimum absolute atomic E-state index is 0.592. The van der Waals surface area contributed by atoms with Crippen LogP contribution < -0.4 is 5.32 Å². The molecule has 1 rings (SSSR count). The minimum atomic E-state index is 0.592. The van der Waals surface area contributed by atoms with Gasteiger partial charge in [0.25, 0.3) is 0 Å². The maximum Gasteiger partial charge on any atom is 0.0617 e. The summed E-state index contributed by atoms with van der Waals surface area (Å²) < 4.78 is 5.34. The largest absolute Gasteiger partial charge is 0.383 e. The van der Waals surface area contributed by atoms with Crippen molar-refractivity contribution in [2.45, 2.75) is 52.1 Å². The molecule has 1 N–H and O–H groups in total. The highest BCUT2D eigenvalue weighted by Gasteiger charge is 2.23. The SMILES string of the molecule is CCC(COC)N1CCCNC(CC(C)C)C1. The molecule has 0 aliphatic carbocycles. The number of hydrogen-bond donors (Lipinski definition) is 1. The fourth-order valence-electron chi connectivity index (χ4n) is 2.76. The van der Waals surface area contributed by atoms with Crippen LogP contribution in [0.25, 0.3) is 0 Å². The molecule has 3 heteroatoms. The molecule has 0 bridgehead atoms. The first-order chi connectivity index (χ1) is 8.17. The zero-order chi connectivity index (χ0) is 12.7. The van der Waals surface area contributed by atoms with Gasteiger partial charge in [-0.1, -0.05) is 20.8 Å². The van der Waals surface area contributed by atoms with E-state index in [1.165, 1.54) is 32.4 Å². The molecule has 2 atom stereocenters. The van der Waals surface area contributed by atoms with Gasteiger partial charge in [0.1, 0.15) is 0 Å². The number of hydrogen-bond acceptors (Lipinski definition) is 3. The maximum absolute atomic E-state index is 5.34. The molecule has 17 heavy (non-hydrogen) atoms. The third-order valence-electron chi connectivity index (χ3n) is 3.61. The van der Waals surface area contributed by atoms with Gasteiger partial charge in [0.2, 0.25) is 0 Å². The Bertz CT molecular complexity index is 197. The van der Waals surface area contributed by atoms with Gasteiger partial charge < -0.3 is 10.1 Å². The molecule has 102 valence electrons. The van der Waals surface area contributed by atoms with Crippen LogP contribution in [0, 0.1) is 5.92 Å². The van der Waals surface area contributed by atoms with Crippen molar-refractivity contribution >= 4 is 0 Å². The first kappa shape index (κ1) is 14.9. The van der Waals surface area contributed by atoms with Crippen LogP contribution in [0.3, 0.4) is 0 Å². The van der Waals surface area contributed by atoms with Gasteiger partial charge in [-0.2, -0.15) is 0 Å². The summed E-state index contributed by atoms with van der Waals surface area (Å²) >= 11 is 0. The molecule has 0 saturated carbocycles. The number of methoxy groups -OCH3 is 1. The second-order valence-electron chi connectivity index (χ2n) is 5.65. The molecular formula is C14H30N2O. The molecule has 3 nitrogen and oxygen atoms in total. The standard InChI is InChI=1S/C14H30N2O/c1-5-14(11-17-4)16-8-6-7-15-13(10-16)9-12(2)3/h12-15H,5-11H2,1-4H3. The van der Waals surface area contributed by atoms with Crippen molar-refractivity contribution < 1.29 is 4.74 Å². The first-order valence-corrected chi connectivity index (χ1v) is 7.13. The van der Waals surface area contributed by atoms with Gasteiger partial charge in [0.15, 0.2) is 0 Å². The summed E-state index contributed by atoms with van der Waals surface area (Å²) in [5, 5.41) is 3.68. The Kier molecular flexibility index (Phi) is 7.09. The maximum atomic E-state index is 5.34. The van der Waals surface area contributed by atoms with Gasteiger partial charge in [0, 0.05) is 25.7 Å². The molecule has 0 aromatic heterocycles. The Morgan fingerprint density at radius 2 is 2.18 bits per heavy atom. The minimum Gasteiger partial charge on any atom is -0.383 e. The van der Waals surface area contributed by atoms with Crippen LogP contribution >= 0.6 is 0 Å². The summed E-state index contributed by atoms with van der Waals surface area (Å²) in [6, 6.07) is 1.25. The number of rotatable bonds is 6. The molecule has 1 aliphatic heterocycles. The molecule has 0 radical (unpaired) electrons. The lowest BCUT2D eigenvalue weighted by molar-refractivity contribution is 0.0848. The van der Waals surface area contributed by atoms with Crippen molar-refractivity contribution in [1.82, 2.24) is 10.2 Å². The van der Waals surface area contributed by atoms with Crippen molar-refractivity contribution in [3.63, 3.8) is 0 Å². The van der Waals surface area contributed by atoms with Crippen LogP contribution in [0.2, 0.25) is 0 Å². The van der Waals surface area contributed by atoms with Crippen LogP contribution in [0.15, 0.2) is 0 Å². The van der Waals surface area contributed by atoms with E-state index in [1.807, 2.05) is 7.11 Å². The van der Waals surface area contributed by atoms with Gasteiger partial charge >= 0.3 is 0 Å². The molecule has 1 heterocycles. The highest BCUT2D eigenvalue weighted by atomic mass is 16.5. The van der Waals surface area contributed by atoms with E-state index in [9.17, 15) is 0 Å². The highest BCUT2D eigenvalue weighted by Crippen LogP contribution is 2.13. The van der Waals surface area contributed by atoms with Crippen LogP contribution in [0.4, 0.5) is 0 Å². The molecule has 0 amide bonds. The van der Waals surface area contributed by atoms with Gasteiger partial charge in [-0.15, -0.1) is 0 Å². The van der Waals surface area contributed by atoms with Crippen LogP contribution in [0.1, 0.15) is 40.0 Å². The third kappa shape index (κ3) is 5.36. The number of ether oxygens (including phenoxy) is 1. The highest BCUT2D eigenvalue weighted by molar-refractivity contribution is 4.81. The van der Waals surface area contributed by atoms with Crippen molar-refractivity contribution in [2.24, 2.45) is 5.92 Å². The lowest BCUT2D eigenvalue weighted by Crippen LogP contribution is -2.44. The Morgan fingerprint density at radius 3 is 2.76 bits per heavy atom. The molecule has 0 aromatic carbocycles. The summed E-state index contributed by atoms with van der Waals surface area (Å²) in [5.41, 5.74) is 0. The van der Waals surface area contributed by atoms with Gasteiger partial charge in [-0.3, -0.25) is 4.90 Å². The average Bonchev–Trinajstić information content (AvgIpc) is 2.50. The summed E-state index contributed by atoms with van der Waals surface area (Å²) in [6.45, 7) is 11.3. The third-order valence-corrected chi connectivity index (χ3v) is 3.61. The predicted molar refractivity (Wildman–Crippen MR) is 73.4 cm³/mol. The molecule has 1 fully saturated rings. The lowest BCUT2D eigenvalue weighted by Gasteiger charge is -2.32. The summed E-state index contributed by atoms with van der Waals surface area (Å²) in [6.07, 6.45) is 3.72. The molecular weight excluding hydrogens is 212 g/mol. The van der Waals surface area contributed by atoms with E-state index in [4.69, 9.17) is 4.74 Å². The Morgan fingerprint density at radius 1 is 1.41 bits per heavy atom. The monoisotopic (exact) mass is 242 g/mol. The first-order valence-electron chi connectivity index (χ1n) is 7.13. The fraction of sp³-hybridized carbons (Fsp3) is 1.00. The van der Waals surface area contributed by atoms with Gasteiger partial charge in [-0.25, -0.2) is 0 Å². The van der Waals surface area contributed by atoms with E-state index in [-0.39, 0.29) is 0 Å². The predicted octanol–water partition coefficient (Wildman–Crippen LogP) is 2.12. The molecule has 2 unspecified atom stereocenters. The van der Waals surface area contributed by atoms with Crippen molar-refractivity contribution in [1.29, 1.82) is 0 Å². The van der Waals surface area contributed by atoms with E-state index in [2.05, 4.69) is 31.0 Å². The smallest absolute Gasteiger partial charge is 0.0617 e. The zero-order valence-corrected chi connectivity index (χ0v) is 12.0. The van der Waals surface area contributed by atoms with E-state index in [0.29, 0.717) is 12.1 Å². The summed E-state index contributed by atoms with van der Waals surface area (Å²) in [7, 11) is 1.81. The van der Waals surface area contributed by atoms with Gasteiger partial charge in [0.05, 0.1) is 6.61 Å². The van der Waals surface area contributed by atoms with Crippen LogP contribution in [0.5, 0.6) is 0 Å². The Hall–Kier alpha value is -0.120.